The Morgan fingerprint density at radius 3 is 1.97 bits per heavy atom. The molecule has 0 bridgehead atoms. The first kappa shape index (κ1) is 28.3. The number of carbonyl (C=O) groups excluding carboxylic acids is 3. The molecule has 0 spiro atoms. The first-order valence-electron chi connectivity index (χ1n) is 11.3. The molecule has 1 aliphatic rings. The number of esters is 3. The largest absolute Gasteiger partial charge is 0.466 e. The fourth-order valence-electron chi connectivity index (χ4n) is 4.56. The van der Waals surface area contributed by atoms with Crippen LogP contribution in [0, 0.1) is 5.92 Å². The summed E-state index contributed by atoms with van der Waals surface area (Å²) in [6.45, 7) is 5.35. The highest BCUT2D eigenvalue weighted by Crippen LogP contribution is 2.45. The molecule has 0 amide bonds. The average molecular weight is 480 g/mol. The van der Waals surface area contributed by atoms with Crippen LogP contribution in [0.15, 0.2) is 0 Å². The van der Waals surface area contributed by atoms with Crippen molar-refractivity contribution in [3.63, 3.8) is 0 Å². The van der Waals surface area contributed by atoms with Crippen LogP contribution in [-0.2, 0) is 38.9 Å². The Morgan fingerprint density at radius 1 is 0.906 bits per heavy atom. The summed E-state index contributed by atoms with van der Waals surface area (Å²) in [5, 5.41) is 0. The van der Waals surface area contributed by atoms with Gasteiger partial charge in [0.05, 0.1) is 26.2 Å². The highest BCUT2D eigenvalue weighted by atomic mass is 32.2. The summed E-state index contributed by atoms with van der Waals surface area (Å²) in [5.41, 5.74) is -1.13. The summed E-state index contributed by atoms with van der Waals surface area (Å²) in [5.74, 6) is -1.75. The van der Waals surface area contributed by atoms with Crippen molar-refractivity contribution in [1.82, 2.24) is 4.31 Å². The van der Waals surface area contributed by atoms with Crippen LogP contribution in [0.1, 0.15) is 78.6 Å². The van der Waals surface area contributed by atoms with Gasteiger partial charge in [-0.05, 0) is 52.4 Å². The van der Waals surface area contributed by atoms with Gasteiger partial charge in [0.15, 0.2) is 0 Å². The second kappa shape index (κ2) is 13.7. The Morgan fingerprint density at radius 2 is 1.44 bits per heavy atom. The number of nitrogens with zero attached hydrogens (tertiary/aromatic N) is 1. The first-order chi connectivity index (χ1) is 15.1. The molecule has 1 aliphatic carbocycles. The lowest BCUT2D eigenvalue weighted by Gasteiger charge is -2.50. The van der Waals surface area contributed by atoms with Crippen LogP contribution in [0.25, 0.3) is 0 Å². The van der Waals surface area contributed by atoms with Gasteiger partial charge in [-0.2, -0.15) is 12.7 Å². The number of hydrogen-bond acceptors (Lipinski definition) is 8. The predicted octanol–water partition coefficient (Wildman–Crippen LogP) is 2.66. The van der Waals surface area contributed by atoms with Crippen molar-refractivity contribution < 1.29 is 41.6 Å². The minimum absolute atomic E-state index is 0.0465. The maximum Gasteiger partial charge on any atom is 0.336 e. The van der Waals surface area contributed by atoms with E-state index < -0.39 is 27.8 Å². The van der Waals surface area contributed by atoms with E-state index in [4.69, 9.17) is 14.2 Å². The van der Waals surface area contributed by atoms with Gasteiger partial charge >= 0.3 is 28.2 Å². The van der Waals surface area contributed by atoms with E-state index >= 15 is 0 Å². The summed E-state index contributed by atoms with van der Waals surface area (Å²) < 4.78 is 51.0. The molecule has 0 saturated heterocycles. The minimum Gasteiger partial charge on any atom is -0.466 e. The Balaban J connectivity index is 3.27. The van der Waals surface area contributed by atoms with Crippen LogP contribution < -0.4 is 0 Å². The molecule has 1 saturated carbocycles. The summed E-state index contributed by atoms with van der Waals surface area (Å²) in [7, 11) is -4.72. The van der Waals surface area contributed by atoms with Crippen LogP contribution in [0.4, 0.5) is 0 Å². The molecule has 0 aliphatic heterocycles. The maximum atomic E-state index is 12.5. The number of rotatable bonds is 14. The molecule has 0 heterocycles. The fourth-order valence-corrected chi connectivity index (χ4v) is 5.67. The van der Waals surface area contributed by atoms with E-state index in [9.17, 15) is 27.4 Å². The molecule has 0 aromatic carbocycles. The van der Waals surface area contributed by atoms with E-state index in [2.05, 4.69) is 0 Å². The Labute approximate surface area is 190 Å². The standard InChI is InChI=1S/C21H37NO9S/c1-4-29-18(23)11-10-17-9-7-8-14-21(17,15-12-19(24)30-5-2)22(32(26,27)28)16-13-20(25)31-6-3/h17H,4-16H2,1-3H3,(H,26,27,28). The third-order valence-electron chi connectivity index (χ3n) is 5.84. The van der Waals surface area contributed by atoms with Gasteiger partial charge in [-0.1, -0.05) is 12.8 Å². The molecule has 0 aromatic rings. The normalized spacial score (nSPS) is 21.2. The Hall–Kier alpha value is -1.72. The van der Waals surface area contributed by atoms with Gasteiger partial charge in [0.25, 0.3) is 0 Å². The third-order valence-corrected chi connectivity index (χ3v) is 6.94. The highest BCUT2D eigenvalue weighted by molar-refractivity contribution is 7.83. The van der Waals surface area contributed by atoms with Crippen molar-refractivity contribution in [3.8, 4) is 0 Å². The molecule has 0 aromatic heterocycles. The van der Waals surface area contributed by atoms with Crippen molar-refractivity contribution in [2.45, 2.75) is 84.1 Å². The van der Waals surface area contributed by atoms with Gasteiger partial charge < -0.3 is 14.2 Å². The van der Waals surface area contributed by atoms with Gasteiger partial charge in [-0.3, -0.25) is 18.9 Å². The smallest absolute Gasteiger partial charge is 0.336 e. The van der Waals surface area contributed by atoms with Gasteiger partial charge in [-0.25, -0.2) is 0 Å². The molecule has 186 valence electrons. The van der Waals surface area contributed by atoms with Crippen molar-refractivity contribution in [3.05, 3.63) is 0 Å². The topological polar surface area (TPSA) is 137 Å². The predicted molar refractivity (Wildman–Crippen MR) is 116 cm³/mol. The van der Waals surface area contributed by atoms with Crippen molar-refractivity contribution in [2.24, 2.45) is 5.92 Å². The van der Waals surface area contributed by atoms with E-state index in [1.165, 1.54) is 0 Å². The van der Waals surface area contributed by atoms with Crippen LogP contribution in [0.3, 0.4) is 0 Å². The summed E-state index contributed by atoms with van der Waals surface area (Å²) in [4.78, 5) is 36.0. The second-order valence-electron chi connectivity index (χ2n) is 7.80. The van der Waals surface area contributed by atoms with E-state index in [1.807, 2.05) is 0 Å². The molecule has 10 nitrogen and oxygen atoms in total. The van der Waals surface area contributed by atoms with Crippen molar-refractivity contribution in [2.75, 3.05) is 26.4 Å². The highest BCUT2D eigenvalue weighted by Gasteiger charge is 2.49. The molecule has 2 atom stereocenters. The van der Waals surface area contributed by atoms with Crippen LogP contribution >= 0.6 is 0 Å². The zero-order valence-electron chi connectivity index (χ0n) is 19.3. The lowest BCUT2D eigenvalue weighted by atomic mass is 9.68. The summed E-state index contributed by atoms with van der Waals surface area (Å²) in [6.07, 6.45) is 2.78. The molecule has 2 unspecified atom stereocenters. The molecule has 1 fully saturated rings. The maximum absolute atomic E-state index is 12.5. The summed E-state index contributed by atoms with van der Waals surface area (Å²) in [6, 6.07) is 0. The van der Waals surface area contributed by atoms with E-state index in [0.717, 1.165) is 10.7 Å². The molecule has 0 radical (unpaired) electrons. The molecule has 1 N–H and O–H groups in total. The monoisotopic (exact) mass is 479 g/mol. The molecule has 11 heteroatoms. The lowest BCUT2D eigenvalue weighted by Crippen LogP contribution is -2.58. The molecular weight excluding hydrogens is 442 g/mol. The molecule has 1 rings (SSSR count). The Bertz CT molecular complexity index is 725. The molecular formula is C21H37NO9S. The van der Waals surface area contributed by atoms with Gasteiger partial charge in [-0.15, -0.1) is 0 Å². The SMILES string of the molecule is CCOC(=O)CCC1CCCCC1(CCC(=O)OCC)N(CCC(=O)OCC)S(=O)(=O)O. The third kappa shape index (κ3) is 8.67. The van der Waals surface area contributed by atoms with E-state index in [0.29, 0.717) is 25.7 Å². The lowest BCUT2D eigenvalue weighted by molar-refractivity contribution is -0.146. The van der Waals surface area contributed by atoms with Gasteiger partial charge in [0.2, 0.25) is 0 Å². The first-order valence-corrected chi connectivity index (χ1v) is 12.7. The van der Waals surface area contributed by atoms with Crippen LogP contribution in [0.2, 0.25) is 0 Å². The Kier molecular flexibility index (Phi) is 12.2. The average Bonchev–Trinajstić information content (AvgIpc) is 2.71. The fraction of sp³-hybridized carbons (Fsp3) is 0.857. The quantitative estimate of drug-likeness (QED) is 0.226. The second-order valence-corrected chi connectivity index (χ2v) is 9.14. The zero-order valence-corrected chi connectivity index (χ0v) is 20.2. The number of carbonyl (C=O) groups is 3. The number of hydrogen-bond donors (Lipinski definition) is 1. The van der Waals surface area contributed by atoms with Gasteiger partial charge in [0, 0.05) is 24.9 Å². The number of ether oxygens (including phenoxy) is 3. The molecule has 32 heavy (non-hydrogen) atoms. The van der Waals surface area contributed by atoms with E-state index in [-0.39, 0.29) is 63.9 Å². The zero-order chi connectivity index (χ0) is 24.2. The van der Waals surface area contributed by atoms with Crippen LogP contribution in [0.5, 0.6) is 0 Å². The van der Waals surface area contributed by atoms with E-state index in [1.54, 1.807) is 20.8 Å². The van der Waals surface area contributed by atoms with Crippen LogP contribution in [-0.4, -0.2) is 67.1 Å². The summed E-state index contributed by atoms with van der Waals surface area (Å²) >= 11 is 0. The van der Waals surface area contributed by atoms with Gasteiger partial charge in [0.1, 0.15) is 0 Å². The van der Waals surface area contributed by atoms with Crippen molar-refractivity contribution in [1.29, 1.82) is 0 Å². The van der Waals surface area contributed by atoms with Crippen molar-refractivity contribution >= 4 is 28.2 Å². The minimum atomic E-state index is -4.72.